The summed E-state index contributed by atoms with van der Waals surface area (Å²) in [5.41, 5.74) is 5.14. The lowest BCUT2D eigenvalue weighted by Crippen LogP contribution is -2.15. The average Bonchev–Trinajstić information content (AvgIpc) is 2.87. The summed E-state index contributed by atoms with van der Waals surface area (Å²) in [4.78, 5) is 12.4. The Bertz CT molecular complexity index is 1010. The zero-order valence-electron chi connectivity index (χ0n) is 15.5. The number of carbonyl (C=O) groups excluding carboxylic acids is 1. The van der Waals surface area contributed by atoms with Crippen molar-refractivity contribution in [3.05, 3.63) is 70.9 Å². The minimum absolute atomic E-state index is 0.00705. The summed E-state index contributed by atoms with van der Waals surface area (Å²) in [6.07, 6.45) is 0. The van der Waals surface area contributed by atoms with Crippen molar-refractivity contribution in [1.82, 2.24) is 9.78 Å². The second kappa shape index (κ2) is 7.12. The van der Waals surface area contributed by atoms with E-state index in [0.29, 0.717) is 5.75 Å². The highest BCUT2D eigenvalue weighted by Gasteiger charge is 2.30. The second-order valence-electron chi connectivity index (χ2n) is 6.61. The highest BCUT2D eigenvalue weighted by atomic mass is 32.2. The molecule has 0 saturated carbocycles. The Labute approximate surface area is 162 Å². The highest BCUT2D eigenvalue weighted by Crippen LogP contribution is 2.44. The molecule has 1 N–H and O–H groups in total. The number of nitrogens with zero attached hydrogens (tertiary/aromatic N) is 2. The molecule has 0 aliphatic carbocycles. The number of aryl methyl sites for hydroxylation is 2. The van der Waals surface area contributed by atoms with Crippen LogP contribution in [0.2, 0.25) is 0 Å². The number of rotatable bonds is 3. The van der Waals surface area contributed by atoms with E-state index in [0.717, 1.165) is 39.6 Å². The molecule has 2 aromatic carbocycles. The van der Waals surface area contributed by atoms with Crippen LogP contribution in [0.25, 0.3) is 5.69 Å². The van der Waals surface area contributed by atoms with Crippen molar-refractivity contribution in [2.45, 2.75) is 19.1 Å². The molecule has 0 bridgehead atoms. The number of carbonyl (C=O) groups is 1. The summed E-state index contributed by atoms with van der Waals surface area (Å²) in [7, 11) is 1.66. The molecule has 3 aromatic rings. The Kier molecular flexibility index (Phi) is 4.66. The number of fused-ring (bicyclic) bond motifs is 1. The number of benzene rings is 2. The Morgan fingerprint density at radius 1 is 1.19 bits per heavy atom. The maximum atomic E-state index is 12.4. The molecule has 1 unspecified atom stereocenters. The fraction of sp³-hybridized carbons (Fsp3) is 0.238. The molecule has 1 atom stereocenters. The van der Waals surface area contributed by atoms with E-state index in [1.165, 1.54) is 0 Å². The predicted molar refractivity (Wildman–Crippen MR) is 109 cm³/mol. The number of hydrogen-bond acceptors (Lipinski definition) is 4. The van der Waals surface area contributed by atoms with Crippen molar-refractivity contribution < 1.29 is 9.53 Å². The van der Waals surface area contributed by atoms with Crippen LogP contribution in [0.1, 0.15) is 27.6 Å². The van der Waals surface area contributed by atoms with Gasteiger partial charge >= 0.3 is 0 Å². The number of methoxy groups -OCH3 is 1. The quantitative estimate of drug-likeness (QED) is 0.738. The fourth-order valence-electron chi connectivity index (χ4n) is 3.40. The summed E-state index contributed by atoms with van der Waals surface area (Å²) in [5.74, 6) is 1.94. The van der Waals surface area contributed by atoms with Crippen LogP contribution in [0, 0.1) is 13.8 Å². The number of nitrogens with one attached hydrogen (secondary N) is 1. The molecule has 138 valence electrons. The Morgan fingerprint density at radius 3 is 2.78 bits per heavy atom. The molecule has 4 rings (SSSR count). The molecule has 1 aliphatic rings. The molecular formula is C21H21N3O2S. The number of ether oxygens (including phenoxy) is 1. The van der Waals surface area contributed by atoms with Gasteiger partial charge in [-0.3, -0.25) is 4.79 Å². The van der Waals surface area contributed by atoms with Gasteiger partial charge in [0.25, 0.3) is 0 Å². The summed E-state index contributed by atoms with van der Waals surface area (Å²) >= 11 is 1.61. The fourth-order valence-corrected chi connectivity index (χ4v) is 4.58. The number of hydrogen-bond donors (Lipinski definition) is 1. The van der Waals surface area contributed by atoms with Gasteiger partial charge in [-0.05, 0) is 49.2 Å². The van der Waals surface area contributed by atoms with Gasteiger partial charge in [-0.1, -0.05) is 24.3 Å². The van der Waals surface area contributed by atoms with Crippen LogP contribution in [0.3, 0.4) is 0 Å². The zero-order chi connectivity index (χ0) is 19.0. The van der Waals surface area contributed by atoms with Crippen LogP contribution in [0.5, 0.6) is 5.75 Å². The third-order valence-corrected chi connectivity index (χ3v) is 5.92. The van der Waals surface area contributed by atoms with Crippen molar-refractivity contribution in [3.8, 4) is 11.4 Å². The summed E-state index contributed by atoms with van der Waals surface area (Å²) in [6.45, 7) is 4.04. The second-order valence-corrected chi connectivity index (χ2v) is 7.71. The summed E-state index contributed by atoms with van der Waals surface area (Å²) in [5, 5.41) is 7.83. The molecule has 0 saturated heterocycles. The minimum Gasteiger partial charge on any atom is -0.497 e. The SMILES string of the molecule is COc1cccc(C2SCC(=O)Nc3c2c(C)nn3-c2cccc(C)c2)c1. The number of amides is 1. The average molecular weight is 379 g/mol. The first-order valence-corrected chi connectivity index (χ1v) is 9.83. The normalized spacial score (nSPS) is 16.4. The summed E-state index contributed by atoms with van der Waals surface area (Å²) < 4.78 is 7.23. The molecule has 0 radical (unpaired) electrons. The largest absolute Gasteiger partial charge is 0.497 e. The van der Waals surface area contributed by atoms with E-state index in [2.05, 4.69) is 17.4 Å². The van der Waals surface area contributed by atoms with Crippen LogP contribution in [0.15, 0.2) is 48.5 Å². The number of aromatic nitrogens is 2. The number of anilines is 1. The van der Waals surface area contributed by atoms with Crippen LogP contribution >= 0.6 is 11.8 Å². The standard InChI is InChI=1S/C21H21N3O2S/c1-13-6-4-8-16(10-13)24-21-19(14(2)23-24)20(27-12-18(25)22-21)15-7-5-9-17(11-15)26-3/h4-11,20H,12H2,1-3H3,(H,22,25). The molecule has 0 spiro atoms. The smallest absolute Gasteiger partial charge is 0.235 e. The van der Waals surface area contributed by atoms with Gasteiger partial charge in [-0.25, -0.2) is 4.68 Å². The molecular weight excluding hydrogens is 358 g/mol. The lowest BCUT2D eigenvalue weighted by molar-refractivity contribution is -0.113. The van der Waals surface area contributed by atoms with Crippen LogP contribution < -0.4 is 10.1 Å². The van der Waals surface area contributed by atoms with Crippen molar-refractivity contribution in [2.75, 3.05) is 18.2 Å². The van der Waals surface area contributed by atoms with E-state index >= 15 is 0 Å². The van der Waals surface area contributed by atoms with E-state index in [4.69, 9.17) is 9.84 Å². The molecule has 1 aromatic heterocycles. The van der Waals surface area contributed by atoms with Gasteiger partial charge in [0.15, 0.2) is 0 Å². The van der Waals surface area contributed by atoms with Gasteiger partial charge in [-0.15, -0.1) is 11.8 Å². The van der Waals surface area contributed by atoms with Crippen molar-refractivity contribution >= 4 is 23.5 Å². The van der Waals surface area contributed by atoms with E-state index in [9.17, 15) is 4.79 Å². The highest BCUT2D eigenvalue weighted by molar-refractivity contribution is 8.00. The maximum Gasteiger partial charge on any atom is 0.235 e. The molecule has 27 heavy (non-hydrogen) atoms. The molecule has 1 aliphatic heterocycles. The molecule has 1 amide bonds. The molecule has 5 nitrogen and oxygen atoms in total. The zero-order valence-corrected chi connectivity index (χ0v) is 16.3. The Hall–Kier alpha value is -2.73. The van der Waals surface area contributed by atoms with Crippen LogP contribution in [-0.2, 0) is 4.79 Å². The van der Waals surface area contributed by atoms with E-state index in [1.807, 2.05) is 54.9 Å². The molecule has 2 heterocycles. The van der Waals surface area contributed by atoms with E-state index in [1.54, 1.807) is 18.9 Å². The third-order valence-electron chi connectivity index (χ3n) is 4.65. The van der Waals surface area contributed by atoms with Gasteiger partial charge in [0.1, 0.15) is 11.6 Å². The first-order valence-electron chi connectivity index (χ1n) is 8.79. The first-order chi connectivity index (χ1) is 13.1. The van der Waals surface area contributed by atoms with Gasteiger partial charge in [0.05, 0.1) is 29.5 Å². The molecule has 0 fully saturated rings. The monoisotopic (exact) mass is 379 g/mol. The molecule has 6 heteroatoms. The van der Waals surface area contributed by atoms with Crippen molar-refractivity contribution in [2.24, 2.45) is 0 Å². The minimum atomic E-state index is -0.0135. The lowest BCUT2D eigenvalue weighted by Gasteiger charge is -2.16. The predicted octanol–water partition coefficient (Wildman–Crippen LogP) is 4.27. The van der Waals surface area contributed by atoms with Crippen molar-refractivity contribution in [1.29, 1.82) is 0 Å². The van der Waals surface area contributed by atoms with Gasteiger partial charge in [0.2, 0.25) is 5.91 Å². The number of thioether (sulfide) groups is 1. The van der Waals surface area contributed by atoms with Gasteiger partial charge < -0.3 is 10.1 Å². The van der Waals surface area contributed by atoms with E-state index in [-0.39, 0.29) is 11.2 Å². The Balaban J connectivity index is 1.89. The van der Waals surface area contributed by atoms with Gasteiger partial charge in [-0.2, -0.15) is 5.10 Å². The Morgan fingerprint density at radius 2 is 2.00 bits per heavy atom. The van der Waals surface area contributed by atoms with Crippen molar-refractivity contribution in [3.63, 3.8) is 0 Å². The topological polar surface area (TPSA) is 56.1 Å². The van der Waals surface area contributed by atoms with Crippen LogP contribution in [0.4, 0.5) is 5.82 Å². The third kappa shape index (κ3) is 3.32. The maximum absolute atomic E-state index is 12.4. The lowest BCUT2D eigenvalue weighted by atomic mass is 10.0. The summed E-state index contributed by atoms with van der Waals surface area (Å²) in [6, 6.07) is 16.1. The van der Waals surface area contributed by atoms with E-state index < -0.39 is 0 Å². The first kappa shape index (κ1) is 17.7. The van der Waals surface area contributed by atoms with Gasteiger partial charge in [0, 0.05) is 5.56 Å². The van der Waals surface area contributed by atoms with Crippen LogP contribution in [-0.4, -0.2) is 28.6 Å².